The summed E-state index contributed by atoms with van der Waals surface area (Å²) in [6, 6.07) is 10.5. The molecule has 1 heterocycles. The maximum absolute atomic E-state index is 13.6. The van der Waals surface area contributed by atoms with Crippen LogP contribution >= 0.6 is 0 Å². The van der Waals surface area contributed by atoms with Crippen LogP contribution in [0.3, 0.4) is 0 Å². The summed E-state index contributed by atoms with van der Waals surface area (Å²) in [6.07, 6.45) is 0.593. The molecule has 0 spiro atoms. The average molecular weight is 329 g/mol. The first-order valence-electron chi connectivity index (χ1n) is 7.74. The zero-order chi connectivity index (χ0) is 16.9. The van der Waals surface area contributed by atoms with Crippen molar-refractivity contribution in [1.29, 1.82) is 0 Å². The molecule has 0 unspecified atom stereocenters. The number of aliphatic imine (C=N–C) groups is 1. The average Bonchev–Trinajstić information content (AvgIpc) is 3.09. The third-order valence-corrected chi connectivity index (χ3v) is 3.76. The molecule has 2 aromatic carbocycles. The third kappa shape index (κ3) is 3.95. The number of hydrogen-bond donors (Lipinski definition) is 2. The van der Waals surface area contributed by atoms with E-state index in [0.29, 0.717) is 6.42 Å². The van der Waals surface area contributed by atoms with Crippen LogP contribution in [0.2, 0.25) is 0 Å². The first-order valence-corrected chi connectivity index (χ1v) is 7.74. The smallest absolute Gasteiger partial charge is 0.195 e. The van der Waals surface area contributed by atoms with E-state index in [1.54, 1.807) is 0 Å². The number of guanidine groups is 1. The van der Waals surface area contributed by atoms with Gasteiger partial charge >= 0.3 is 0 Å². The lowest BCUT2D eigenvalue weighted by Gasteiger charge is -2.08. The van der Waals surface area contributed by atoms with Crippen LogP contribution in [0.4, 0.5) is 14.5 Å². The summed E-state index contributed by atoms with van der Waals surface area (Å²) in [5, 5.41) is 6.27. The maximum atomic E-state index is 13.6. The molecule has 2 aromatic rings. The molecule has 2 N–H and O–H groups in total. The van der Waals surface area contributed by atoms with Crippen LogP contribution in [-0.4, -0.2) is 24.8 Å². The SMILES string of the molecule is O=C(CCc1ccc(NC2=NCCN2)cc1)c1cc(F)ccc1F. The van der Waals surface area contributed by atoms with Gasteiger partial charge in [-0.25, -0.2) is 8.78 Å². The number of benzene rings is 2. The van der Waals surface area contributed by atoms with Crippen LogP contribution in [0, 0.1) is 11.6 Å². The Kier molecular flexibility index (Phi) is 4.84. The zero-order valence-corrected chi connectivity index (χ0v) is 13.0. The van der Waals surface area contributed by atoms with Gasteiger partial charge < -0.3 is 10.6 Å². The summed E-state index contributed by atoms with van der Waals surface area (Å²) >= 11 is 0. The Morgan fingerprint density at radius 2 is 1.96 bits per heavy atom. The molecule has 0 atom stereocenters. The van der Waals surface area contributed by atoms with E-state index in [9.17, 15) is 13.6 Å². The quantitative estimate of drug-likeness (QED) is 0.829. The van der Waals surface area contributed by atoms with Crippen molar-refractivity contribution in [2.75, 3.05) is 18.4 Å². The van der Waals surface area contributed by atoms with Crippen LogP contribution in [-0.2, 0) is 6.42 Å². The van der Waals surface area contributed by atoms with Crippen molar-refractivity contribution in [3.8, 4) is 0 Å². The van der Waals surface area contributed by atoms with Gasteiger partial charge in [0.1, 0.15) is 11.6 Å². The molecule has 0 saturated carbocycles. The molecule has 4 nitrogen and oxygen atoms in total. The number of ketones is 1. The molecule has 0 aliphatic carbocycles. The number of hydrogen-bond acceptors (Lipinski definition) is 4. The fourth-order valence-electron chi connectivity index (χ4n) is 2.48. The first kappa shape index (κ1) is 16.1. The summed E-state index contributed by atoms with van der Waals surface area (Å²) in [5.41, 5.74) is 1.65. The van der Waals surface area contributed by atoms with Crippen molar-refractivity contribution in [2.45, 2.75) is 12.8 Å². The topological polar surface area (TPSA) is 53.5 Å². The number of nitrogens with one attached hydrogen (secondary N) is 2. The third-order valence-electron chi connectivity index (χ3n) is 3.76. The van der Waals surface area contributed by atoms with Crippen LogP contribution in [0.15, 0.2) is 47.5 Å². The molecule has 1 aliphatic rings. The van der Waals surface area contributed by atoms with Crippen molar-refractivity contribution >= 4 is 17.4 Å². The number of carbonyl (C=O) groups is 1. The lowest BCUT2D eigenvalue weighted by molar-refractivity contribution is 0.0978. The molecule has 0 saturated heterocycles. The minimum atomic E-state index is -0.689. The van der Waals surface area contributed by atoms with Gasteiger partial charge in [0.25, 0.3) is 0 Å². The van der Waals surface area contributed by atoms with E-state index in [1.165, 1.54) is 0 Å². The number of carbonyl (C=O) groups excluding carboxylic acids is 1. The summed E-state index contributed by atoms with van der Waals surface area (Å²) in [7, 11) is 0. The lowest BCUT2D eigenvalue weighted by Crippen LogP contribution is -2.26. The number of anilines is 1. The standard InChI is InChI=1S/C18H17F2N3O/c19-13-4-7-16(20)15(11-13)17(24)8-3-12-1-5-14(6-2-12)23-18-21-9-10-22-18/h1-2,4-7,11H,3,8-10H2,(H2,21,22,23). The summed E-state index contributed by atoms with van der Waals surface area (Å²) in [6.45, 7) is 1.60. The van der Waals surface area contributed by atoms with Gasteiger partial charge in [0.15, 0.2) is 11.7 Å². The number of aryl methyl sites for hydroxylation is 1. The molecular formula is C18H17F2N3O. The van der Waals surface area contributed by atoms with E-state index in [-0.39, 0.29) is 12.0 Å². The molecule has 0 amide bonds. The van der Waals surface area contributed by atoms with E-state index in [4.69, 9.17) is 0 Å². The van der Waals surface area contributed by atoms with Gasteiger partial charge in [-0.1, -0.05) is 12.1 Å². The molecule has 1 aliphatic heterocycles. The van der Waals surface area contributed by atoms with Gasteiger partial charge in [0, 0.05) is 18.7 Å². The van der Waals surface area contributed by atoms with Crippen molar-refractivity contribution in [3.63, 3.8) is 0 Å². The Bertz CT molecular complexity index is 772. The van der Waals surface area contributed by atoms with Crippen LogP contribution in [0.1, 0.15) is 22.3 Å². The fourth-order valence-corrected chi connectivity index (χ4v) is 2.48. The predicted molar refractivity (Wildman–Crippen MR) is 89.4 cm³/mol. The van der Waals surface area contributed by atoms with Crippen molar-refractivity contribution in [3.05, 3.63) is 65.2 Å². The highest BCUT2D eigenvalue weighted by Crippen LogP contribution is 2.15. The number of Topliss-reactive ketones (excluding diaryl/α,β-unsaturated/α-hetero) is 1. The highest BCUT2D eigenvalue weighted by Gasteiger charge is 2.13. The maximum Gasteiger partial charge on any atom is 0.195 e. The summed E-state index contributed by atoms with van der Waals surface area (Å²) < 4.78 is 26.7. The van der Waals surface area contributed by atoms with Crippen LogP contribution in [0.5, 0.6) is 0 Å². The van der Waals surface area contributed by atoms with Crippen molar-refractivity contribution < 1.29 is 13.6 Å². The molecule has 0 aromatic heterocycles. The molecule has 124 valence electrons. The van der Waals surface area contributed by atoms with E-state index < -0.39 is 17.4 Å². The number of halogens is 2. The Morgan fingerprint density at radius 3 is 2.67 bits per heavy atom. The first-order chi connectivity index (χ1) is 11.6. The Labute approximate surface area is 138 Å². The van der Waals surface area contributed by atoms with Crippen molar-refractivity contribution in [2.24, 2.45) is 4.99 Å². The van der Waals surface area contributed by atoms with Gasteiger partial charge in [-0.3, -0.25) is 9.79 Å². The minimum Gasteiger partial charge on any atom is -0.354 e. The highest BCUT2D eigenvalue weighted by atomic mass is 19.1. The molecule has 0 bridgehead atoms. The number of nitrogens with zero attached hydrogens (tertiary/aromatic N) is 1. The Morgan fingerprint density at radius 1 is 1.17 bits per heavy atom. The second-order valence-corrected chi connectivity index (χ2v) is 5.53. The predicted octanol–water partition coefficient (Wildman–Crippen LogP) is 3.15. The van der Waals surface area contributed by atoms with Crippen LogP contribution in [0.25, 0.3) is 0 Å². The molecule has 6 heteroatoms. The van der Waals surface area contributed by atoms with Gasteiger partial charge in [0.05, 0.1) is 12.1 Å². The summed E-state index contributed by atoms with van der Waals surface area (Å²) in [4.78, 5) is 16.3. The van der Waals surface area contributed by atoms with E-state index in [2.05, 4.69) is 15.6 Å². The molecule has 3 rings (SSSR count). The number of rotatable bonds is 5. The second-order valence-electron chi connectivity index (χ2n) is 5.53. The fraction of sp³-hybridized carbons (Fsp3) is 0.222. The van der Waals surface area contributed by atoms with Gasteiger partial charge in [0.2, 0.25) is 0 Å². The van der Waals surface area contributed by atoms with Crippen LogP contribution < -0.4 is 10.6 Å². The lowest BCUT2D eigenvalue weighted by atomic mass is 10.0. The van der Waals surface area contributed by atoms with Gasteiger partial charge in [-0.15, -0.1) is 0 Å². The normalized spacial score (nSPS) is 13.3. The molecule has 24 heavy (non-hydrogen) atoms. The Balaban J connectivity index is 1.58. The zero-order valence-electron chi connectivity index (χ0n) is 13.0. The summed E-state index contributed by atoms with van der Waals surface area (Å²) in [5.74, 6) is -0.956. The van der Waals surface area contributed by atoms with Crippen molar-refractivity contribution in [1.82, 2.24) is 5.32 Å². The van der Waals surface area contributed by atoms with E-state index >= 15 is 0 Å². The molecular weight excluding hydrogens is 312 g/mol. The molecule has 0 radical (unpaired) electrons. The highest BCUT2D eigenvalue weighted by molar-refractivity contribution is 5.96. The minimum absolute atomic E-state index is 0.126. The largest absolute Gasteiger partial charge is 0.354 e. The van der Waals surface area contributed by atoms with E-state index in [1.807, 2.05) is 24.3 Å². The van der Waals surface area contributed by atoms with Gasteiger partial charge in [-0.05, 0) is 42.3 Å². The second kappa shape index (κ2) is 7.21. The van der Waals surface area contributed by atoms with E-state index in [0.717, 1.165) is 48.5 Å². The monoisotopic (exact) mass is 329 g/mol. The molecule has 0 fully saturated rings. The van der Waals surface area contributed by atoms with Gasteiger partial charge in [-0.2, -0.15) is 0 Å². The Hall–Kier alpha value is -2.76.